The van der Waals surface area contributed by atoms with E-state index in [1.165, 1.54) is 11.1 Å². The number of aliphatic hydroxyl groups is 2. The lowest BCUT2D eigenvalue weighted by atomic mass is 10.0. The Morgan fingerprint density at radius 3 is 2.09 bits per heavy atom. The minimum Gasteiger partial charge on any atom is -0.472 e. The summed E-state index contributed by atoms with van der Waals surface area (Å²) in [7, 11) is 0. The molecule has 1 rings (SSSR count). The van der Waals surface area contributed by atoms with E-state index in [1.54, 1.807) is 12.5 Å². The zero-order chi connectivity index (χ0) is 16.9. The molecule has 0 amide bonds. The Labute approximate surface area is 140 Å². The molecule has 2 N–H and O–H groups in total. The van der Waals surface area contributed by atoms with Crippen LogP contribution in [-0.4, -0.2) is 23.4 Å². The Bertz CT molecular complexity index is 503. The SMILES string of the molecule is CC(C)=CCCC(=CCCC(=CCCc1ccoc1)CO)CO. The van der Waals surface area contributed by atoms with Gasteiger partial charge < -0.3 is 14.6 Å². The highest BCUT2D eigenvalue weighted by molar-refractivity contribution is 5.11. The van der Waals surface area contributed by atoms with Crippen molar-refractivity contribution in [3.8, 4) is 0 Å². The molecule has 0 aliphatic heterocycles. The van der Waals surface area contributed by atoms with E-state index in [-0.39, 0.29) is 13.2 Å². The first-order valence-corrected chi connectivity index (χ1v) is 8.37. The molecule has 0 radical (unpaired) electrons. The van der Waals surface area contributed by atoms with Crippen molar-refractivity contribution in [3.63, 3.8) is 0 Å². The normalized spacial score (nSPS) is 12.5. The van der Waals surface area contributed by atoms with Crippen molar-refractivity contribution in [1.29, 1.82) is 0 Å². The van der Waals surface area contributed by atoms with Crippen LogP contribution in [0.25, 0.3) is 0 Å². The monoisotopic (exact) mass is 318 g/mol. The molecule has 0 aromatic carbocycles. The number of hydrogen-bond acceptors (Lipinski definition) is 3. The molecule has 0 aliphatic rings. The molecule has 0 saturated carbocycles. The number of aliphatic hydroxyl groups excluding tert-OH is 2. The molecular formula is C20H30O3. The maximum atomic E-state index is 9.44. The van der Waals surface area contributed by atoms with Gasteiger partial charge >= 0.3 is 0 Å². The highest BCUT2D eigenvalue weighted by Gasteiger charge is 1.99. The molecule has 0 aliphatic carbocycles. The summed E-state index contributed by atoms with van der Waals surface area (Å²) in [5, 5.41) is 18.8. The van der Waals surface area contributed by atoms with E-state index < -0.39 is 0 Å². The summed E-state index contributed by atoms with van der Waals surface area (Å²) in [6, 6.07) is 1.97. The van der Waals surface area contributed by atoms with Crippen LogP contribution in [0, 0.1) is 0 Å². The van der Waals surface area contributed by atoms with Crippen LogP contribution >= 0.6 is 0 Å². The average Bonchev–Trinajstić information content (AvgIpc) is 3.04. The molecule has 128 valence electrons. The molecular weight excluding hydrogens is 288 g/mol. The van der Waals surface area contributed by atoms with Crippen LogP contribution in [0.1, 0.15) is 51.5 Å². The van der Waals surface area contributed by atoms with Crippen molar-refractivity contribution in [2.45, 2.75) is 52.4 Å². The summed E-state index contributed by atoms with van der Waals surface area (Å²) in [6.45, 7) is 4.40. The van der Waals surface area contributed by atoms with Gasteiger partial charge in [-0.1, -0.05) is 23.8 Å². The molecule has 0 saturated heterocycles. The molecule has 1 aromatic heterocycles. The third-order valence-electron chi connectivity index (χ3n) is 3.77. The second-order valence-corrected chi connectivity index (χ2v) is 6.07. The maximum absolute atomic E-state index is 9.44. The largest absolute Gasteiger partial charge is 0.472 e. The fraction of sp³-hybridized carbons (Fsp3) is 0.500. The summed E-state index contributed by atoms with van der Waals surface area (Å²) in [6.07, 6.45) is 15.3. The van der Waals surface area contributed by atoms with Crippen LogP contribution in [0.15, 0.2) is 58.0 Å². The van der Waals surface area contributed by atoms with Crippen LogP contribution in [-0.2, 0) is 6.42 Å². The summed E-state index contributed by atoms with van der Waals surface area (Å²) in [5.74, 6) is 0. The fourth-order valence-electron chi connectivity index (χ4n) is 2.38. The van der Waals surface area contributed by atoms with Gasteiger partial charge in [-0.25, -0.2) is 0 Å². The number of hydrogen-bond donors (Lipinski definition) is 2. The van der Waals surface area contributed by atoms with Gasteiger partial charge in [-0.05, 0) is 75.1 Å². The van der Waals surface area contributed by atoms with Crippen molar-refractivity contribution in [2.75, 3.05) is 13.2 Å². The molecule has 1 aromatic rings. The Hall–Kier alpha value is -1.58. The maximum Gasteiger partial charge on any atom is 0.0934 e. The molecule has 0 unspecified atom stereocenters. The summed E-state index contributed by atoms with van der Waals surface area (Å²) < 4.78 is 5.04. The standard InChI is InChI=1S/C20H30O3/c1-17(2)6-3-7-18(14-21)8-4-9-19(15-22)10-5-11-20-12-13-23-16-20/h6,8,10,12-13,16,21-22H,3-5,7,9,11,14-15H2,1-2H3. The fourth-order valence-corrected chi connectivity index (χ4v) is 2.38. The van der Waals surface area contributed by atoms with Gasteiger partial charge in [-0.2, -0.15) is 0 Å². The van der Waals surface area contributed by atoms with E-state index in [4.69, 9.17) is 4.42 Å². The topological polar surface area (TPSA) is 53.6 Å². The van der Waals surface area contributed by atoms with Crippen molar-refractivity contribution < 1.29 is 14.6 Å². The first-order chi connectivity index (χ1) is 11.2. The molecule has 1 heterocycles. The van der Waals surface area contributed by atoms with Crippen LogP contribution < -0.4 is 0 Å². The zero-order valence-corrected chi connectivity index (χ0v) is 14.4. The van der Waals surface area contributed by atoms with Gasteiger partial charge in [0.15, 0.2) is 0 Å². The number of allylic oxidation sites excluding steroid dienone is 4. The van der Waals surface area contributed by atoms with Crippen LogP contribution in [0.2, 0.25) is 0 Å². The quantitative estimate of drug-likeness (QED) is 0.587. The van der Waals surface area contributed by atoms with Crippen LogP contribution in [0.4, 0.5) is 0 Å². The predicted molar refractivity (Wildman–Crippen MR) is 95.3 cm³/mol. The van der Waals surface area contributed by atoms with Gasteiger partial charge in [0.1, 0.15) is 0 Å². The number of aryl methyl sites for hydroxylation is 1. The third kappa shape index (κ3) is 9.22. The van der Waals surface area contributed by atoms with E-state index in [0.717, 1.165) is 49.7 Å². The van der Waals surface area contributed by atoms with E-state index in [0.29, 0.717) is 0 Å². The number of furan rings is 1. The van der Waals surface area contributed by atoms with Gasteiger partial charge in [0, 0.05) is 0 Å². The predicted octanol–water partition coefficient (Wildman–Crippen LogP) is 4.58. The van der Waals surface area contributed by atoms with E-state index in [9.17, 15) is 10.2 Å². The molecule has 3 nitrogen and oxygen atoms in total. The Morgan fingerprint density at radius 1 is 0.957 bits per heavy atom. The summed E-state index contributed by atoms with van der Waals surface area (Å²) in [4.78, 5) is 0. The first-order valence-electron chi connectivity index (χ1n) is 8.37. The summed E-state index contributed by atoms with van der Waals surface area (Å²) >= 11 is 0. The lowest BCUT2D eigenvalue weighted by Crippen LogP contribution is -1.94. The third-order valence-corrected chi connectivity index (χ3v) is 3.77. The molecule has 23 heavy (non-hydrogen) atoms. The van der Waals surface area contributed by atoms with E-state index >= 15 is 0 Å². The highest BCUT2D eigenvalue weighted by atomic mass is 16.3. The average molecular weight is 318 g/mol. The Morgan fingerprint density at radius 2 is 1.57 bits per heavy atom. The number of rotatable bonds is 11. The Balaban J connectivity index is 2.36. The second kappa shape index (κ2) is 11.9. The highest BCUT2D eigenvalue weighted by Crippen LogP contribution is 2.13. The van der Waals surface area contributed by atoms with E-state index in [2.05, 4.69) is 32.1 Å². The van der Waals surface area contributed by atoms with Crippen LogP contribution in [0.5, 0.6) is 0 Å². The van der Waals surface area contributed by atoms with Crippen LogP contribution in [0.3, 0.4) is 0 Å². The van der Waals surface area contributed by atoms with E-state index in [1.807, 2.05) is 6.07 Å². The van der Waals surface area contributed by atoms with Crippen molar-refractivity contribution >= 4 is 0 Å². The minimum atomic E-state index is 0.103. The molecule has 0 fully saturated rings. The van der Waals surface area contributed by atoms with Gasteiger partial charge in [-0.15, -0.1) is 0 Å². The smallest absolute Gasteiger partial charge is 0.0934 e. The lowest BCUT2D eigenvalue weighted by Gasteiger charge is -2.05. The second-order valence-electron chi connectivity index (χ2n) is 6.07. The minimum absolute atomic E-state index is 0.103. The molecule has 3 heteroatoms. The summed E-state index contributed by atoms with van der Waals surface area (Å²) in [5.41, 5.74) is 4.63. The Kier molecular flexibility index (Phi) is 10.1. The zero-order valence-electron chi connectivity index (χ0n) is 14.4. The van der Waals surface area contributed by atoms with Crippen molar-refractivity contribution in [1.82, 2.24) is 0 Å². The van der Waals surface area contributed by atoms with Gasteiger partial charge in [-0.3, -0.25) is 0 Å². The van der Waals surface area contributed by atoms with Gasteiger partial charge in [0.05, 0.1) is 25.7 Å². The molecule has 0 bridgehead atoms. The van der Waals surface area contributed by atoms with Gasteiger partial charge in [0.2, 0.25) is 0 Å². The molecule has 0 atom stereocenters. The first kappa shape index (κ1) is 19.5. The van der Waals surface area contributed by atoms with Gasteiger partial charge in [0.25, 0.3) is 0 Å². The van der Waals surface area contributed by atoms with Crippen molar-refractivity contribution in [2.24, 2.45) is 0 Å². The molecule has 0 spiro atoms. The van der Waals surface area contributed by atoms with Crippen molar-refractivity contribution in [3.05, 3.63) is 59.1 Å². The lowest BCUT2D eigenvalue weighted by molar-refractivity contribution is 0.324.